The van der Waals surface area contributed by atoms with E-state index in [1.165, 1.54) is 6.07 Å². The number of rotatable bonds is 6. The molecule has 1 saturated heterocycles. The van der Waals surface area contributed by atoms with Crippen molar-refractivity contribution in [1.29, 1.82) is 0 Å². The van der Waals surface area contributed by atoms with Gasteiger partial charge in [-0.25, -0.2) is 4.98 Å². The summed E-state index contributed by atoms with van der Waals surface area (Å²) in [7, 11) is 0. The third kappa shape index (κ3) is 6.09. The third-order valence-electron chi connectivity index (χ3n) is 6.93. The molecule has 0 bridgehead atoms. The van der Waals surface area contributed by atoms with Gasteiger partial charge in [-0.2, -0.15) is 13.2 Å². The number of halogens is 4. The SMILES string of the molecule is O=C(NC1CCN(c2cccc(C(F)(F)F)n2)CC1)c1ccc(Oc2cc3c(cc2Cl)C(C(=O)O)CCO3)cc1. The summed E-state index contributed by atoms with van der Waals surface area (Å²) < 4.78 is 50.4. The van der Waals surface area contributed by atoms with Crippen LogP contribution in [-0.4, -0.2) is 47.7 Å². The molecule has 1 aromatic heterocycles. The summed E-state index contributed by atoms with van der Waals surface area (Å²) in [5, 5.41) is 12.7. The maximum atomic E-state index is 13.0. The second-order valence-corrected chi connectivity index (χ2v) is 10.00. The summed E-state index contributed by atoms with van der Waals surface area (Å²) >= 11 is 6.35. The van der Waals surface area contributed by atoms with E-state index in [1.807, 2.05) is 0 Å². The number of carbonyl (C=O) groups is 2. The van der Waals surface area contributed by atoms with E-state index in [0.29, 0.717) is 60.7 Å². The third-order valence-corrected chi connectivity index (χ3v) is 7.22. The number of aliphatic carboxylic acids is 1. The Kier molecular flexibility index (Phi) is 7.75. The molecule has 0 radical (unpaired) electrons. The Morgan fingerprint density at radius 1 is 1.07 bits per heavy atom. The lowest BCUT2D eigenvalue weighted by atomic mass is 9.93. The van der Waals surface area contributed by atoms with Gasteiger partial charge in [-0.1, -0.05) is 17.7 Å². The fraction of sp³-hybridized carbons (Fsp3) is 0.321. The lowest BCUT2D eigenvalue weighted by Crippen LogP contribution is -2.45. The fourth-order valence-electron chi connectivity index (χ4n) is 4.80. The number of alkyl halides is 3. The molecule has 3 heterocycles. The predicted molar refractivity (Wildman–Crippen MR) is 140 cm³/mol. The molecule has 2 N–H and O–H groups in total. The first-order chi connectivity index (χ1) is 19.1. The fourth-order valence-corrected chi connectivity index (χ4v) is 5.02. The van der Waals surface area contributed by atoms with Crippen molar-refractivity contribution < 1.29 is 37.3 Å². The van der Waals surface area contributed by atoms with Gasteiger partial charge in [0.05, 0.1) is 17.5 Å². The molecule has 0 saturated carbocycles. The molecule has 1 amide bonds. The number of amides is 1. The zero-order valence-electron chi connectivity index (χ0n) is 21.1. The molecule has 40 heavy (non-hydrogen) atoms. The van der Waals surface area contributed by atoms with E-state index >= 15 is 0 Å². The second kappa shape index (κ2) is 11.2. The minimum absolute atomic E-state index is 0.130. The number of pyridine rings is 1. The molecule has 1 fully saturated rings. The predicted octanol–water partition coefficient (Wildman–Crippen LogP) is 5.90. The largest absolute Gasteiger partial charge is 0.493 e. The number of anilines is 1. The van der Waals surface area contributed by atoms with Crippen molar-refractivity contribution in [1.82, 2.24) is 10.3 Å². The number of ether oxygens (including phenoxy) is 2. The number of carboxylic acid groups (broad SMARTS) is 1. The summed E-state index contributed by atoms with van der Waals surface area (Å²) in [6, 6.07) is 13.3. The number of piperidine rings is 1. The van der Waals surface area contributed by atoms with Crippen LogP contribution in [0.3, 0.4) is 0 Å². The topological polar surface area (TPSA) is 101 Å². The number of benzene rings is 2. The van der Waals surface area contributed by atoms with Crippen LogP contribution in [0.2, 0.25) is 5.02 Å². The second-order valence-electron chi connectivity index (χ2n) is 9.59. The molecular formula is C28H25ClF3N3O5. The van der Waals surface area contributed by atoms with Gasteiger partial charge in [-0.3, -0.25) is 9.59 Å². The number of hydrogen-bond acceptors (Lipinski definition) is 6. The van der Waals surface area contributed by atoms with E-state index in [1.54, 1.807) is 47.4 Å². The highest BCUT2D eigenvalue weighted by Crippen LogP contribution is 2.42. The number of carbonyl (C=O) groups excluding carboxylic acids is 1. The Morgan fingerprint density at radius 3 is 2.48 bits per heavy atom. The number of fused-ring (bicyclic) bond motifs is 1. The Morgan fingerprint density at radius 2 is 1.80 bits per heavy atom. The molecule has 12 heteroatoms. The zero-order chi connectivity index (χ0) is 28.4. The molecule has 8 nitrogen and oxygen atoms in total. The van der Waals surface area contributed by atoms with E-state index < -0.39 is 23.8 Å². The number of nitrogens with one attached hydrogen (secondary N) is 1. The number of aromatic nitrogens is 1. The zero-order valence-corrected chi connectivity index (χ0v) is 21.8. The van der Waals surface area contributed by atoms with E-state index in [0.717, 1.165) is 6.07 Å². The smallest absolute Gasteiger partial charge is 0.433 e. The lowest BCUT2D eigenvalue weighted by molar-refractivity contribution is -0.141. The lowest BCUT2D eigenvalue weighted by Gasteiger charge is -2.33. The minimum atomic E-state index is -4.50. The molecule has 0 spiro atoms. The van der Waals surface area contributed by atoms with Gasteiger partial charge < -0.3 is 24.8 Å². The van der Waals surface area contributed by atoms with Crippen molar-refractivity contribution in [2.75, 3.05) is 24.6 Å². The average Bonchev–Trinajstić information content (AvgIpc) is 2.93. The van der Waals surface area contributed by atoms with Crippen molar-refractivity contribution in [2.24, 2.45) is 0 Å². The summed E-state index contributed by atoms with van der Waals surface area (Å²) in [6.07, 6.45) is -3.02. The van der Waals surface area contributed by atoms with Gasteiger partial charge in [0.15, 0.2) is 0 Å². The van der Waals surface area contributed by atoms with Gasteiger partial charge in [0.1, 0.15) is 28.8 Å². The summed E-state index contributed by atoms with van der Waals surface area (Å²) in [5.41, 5.74) is -0.0135. The molecule has 1 atom stereocenters. The molecule has 2 aromatic carbocycles. The summed E-state index contributed by atoms with van der Waals surface area (Å²) in [4.78, 5) is 29.9. The van der Waals surface area contributed by atoms with Crippen molar-refractivity contribution in [2.45, 2.75) is 37.4 Å². The number of carboxylic acids is 1. The molecule has 5 rings (SSSR count). The van der Waals surface area contributed by atoms with Crippen LogP contribution in [-0.2, 0) is 11.0 Å². The standard InChI is InChI=1S/C28H25ClF3N3O5/c29-21-14-20-19(27(37)38)10-13-39-22(20)15-23(21)40-18-6-4-16(5-7-18)26(36)33-17-8-11-35(12-9-17)25-3-1-2-24(34-25)28(30,31)32/h1-7,14-15,17,19H,8-13H2,(H,33,36)(H,37,38). The Balaban J connectivity index is 1.17. The van der Waals surface area contributed by atoms with E-state index in [-0.39, 0.29) is 29.4 Å². The van der Waals surface area contributed by atoms with Crippen molar-refractivity contribution in [3.8, 4) is 17.2 Å². The van der Waals surface area contributed by atoms with Crippen molar-refractivity contribution >= 4 is 29.3 Å². The van der Waals surface area contributed by atoms with Gasteiger partial charge >= 0.3 is 12.1 Å². The van der Waals surface area contributed by atoms with Gasteiger partial charge in [-0.05, 0) is 61.7 Å². The Labute approximate surface area is 232 Å². The first-order valence-electron chi connectivity index (χ1n) is 12.7. The average molecular weight is 576 g/mol. The van der Waals surface area contributed by atoms with Gasteiger partial charge in [0.2, 0.25) is 0 Å². The van der Waals surface area contributed by atoms with Crippen LogP contribution in [0.4, 0.5) is 19.0 Å². The molecule has 1 unspecified atom stereocenters. The maximum Gasteiger partial charge on any atom is 0.433 e. The number of hydrogen-bond donors (Lipinski definition) is 2. The molecule has 3 aromatic rings. The number of nitrogens with zero attached hydrogens (tertiary/aromatic N) is 2. The highest BCUT2D eigenvalue weighted by Gasteiger charge is 2.33. The van der Waals surface area contributed by atoms with E-state index in [2.05, 4.69) is 10.3 Å². The summed E-state index contributed by atoms with van der Waals surface area (Å²) in [6.45, 7) is 1.20. The highest BCUT2D eigenvalue weighted by molar-refractivity contribution is 6.32. The van der Waals surface area contributed by atoms with Gasteiger partial charge in [0.25, 0.3) is 5.91 Å². The maximum absolute atomic E-state index is 13.0. The molecule has 210 valence electrons. The van der Waals surface area contributed by atoms with E-state index in [9.17, 15) is 27.9 Å². The van der Waals surface area contributed by atoms with Crippen molar-refractivity contribution in [3.63, 3.8) is 0 Å². The van der Waals surface area contributed by atoms with Crippen molar-refractivity contribution in [3.05, 3.63) is 76.4 Å². The normalized spacial score (nSPS) is 17.5. The van der Waals surface area contributed by atoms with Crippen LogP contribution in [0.15, 0.2) is 54.6 Å². The van der Waals surface area contributed by atoms with Crippen LogP contribution < -0.4 is 19.7 Å². The van der Waals surface area contributed by atoms with Gasteiger partial charge in [-0.15, -0.1) is 0 Å². The van der Waals surface area contributed by atoms with Crippen LogP contribution in [0, 0.1) is 0 Å². The summed E-state index contributed by atoms with van der Waals surface area (Å²) in [5.74, 6) is -0.524. The van der Waals surface area contributed by atoms with Crippen LogP contribution in [0.25, 0.3) is 0 Å². The van der Waals surface area contributed by atoms with Crippen LogP contribution in [0.1, 0.15) is 46.8 Å². The first kappa shape index (κ1) is 27.6. The van der Waals surface area contributed by atoms with E-state index in [4.69, 9.17) is 21.1 Å². The highest BCUT2D eigenvalue weighted by atomic mass is 35.5. The minimum Gasteiger partial charge on any atom is -0.493 e. The quantitative estimate of drug-likeness (QED) is 0.378. The Bertz CT molecular complexity index is 1410. The van der Waals surface area contributed by atoms with Gasteiger partial charge in [0, 0.05) is 36.3 Å². The molecular weight excluding hydrogens is 551 g/mol. The monoisotopic (exact) mass is 575 g/mol. The Hall–Kier alpha value is -3.99. The van der Waals surface area contributed by atoms with Crippen LogP contribution in [0.5, 0.6) is 17.2 Å². The molecule has 0 aliphatic carbocycles. The van der Waals surface area contributed by atoms with Crippen LogP contribution >= 0.6 is 11.6 Å². The first-order valence-corrected chi connectivity index (χ1v) is 13.0. The molecule has 2 aliphatic rings. The molecule has 2 aliphatic heterocycles.